The van der Waals surface area contributed by atoms with Gasteiger partial charge in [-0.2, -0.15) is 0 Å². The highest BCUT2D eigenvalue weighted by atomic mass is 32.1. The van der Waals surface area contributed by atoms with Crippen molar-refractivity contribution in [1.82, 2.24) is 10.5 Å². The lowest BCUT2D eigenvalue weighted by atomic mass is 10.3. The van der Waals surface area contributed by atoms with Crippen molar-refractivity contribution in [3.8, 4) is 10.6 Å². The zero-order chi connectivity index (χ0) is 13.0. The van der Waals surface area contributed by atoms with Crippen LogP contribution in [-0.4, -0.2) is 30.8 Å². The van der Waals surface area contributed by atoms with Crippen LogP contribution >= 0.6 is 11.3 Å². The third kappa shape index (κ3) is 2.96. The van der Waals surface area contributed by atoms with Gasteiger partial charge in [0, 0.05) is 19.2 Å². The second kappa shape index (κ2) is 5.79. The lowest BCUT2D eigenvalue weighted by Crippen LogP contribution is -2.35. The van der Waals surface area contributed by atoms with E-state index in [0.717, 1.165) is 4.88 Å². The summed E-state index contributed by atoms with van der Waals surface area (Å²) in [4.78, 5) is 12.8. The molecule has 0 aromatic carbocycles. The van der Waals surface area contributed by atoms with Crippen molar-refractivity contribution in [3.05, 3.63) is 29.3 Å². The number of carbonyl (C=O) groups excluding carboxylic acids is 1. The van der Waals surface area contributed by atoms with Gasteiger partial charge in [0.15, 0.2) is 11.5 Å². The lowest BCUT2D eigenvalue weighted by Gasteiger charge is -2.10. The highest BCUT2D eigenvalue weighted by molar-refractivity contribution is 7.13. The number of rotatable bonds is 5. The molecule has 0 aliphatic carbocycles. The monoisotopic (exact) mass is 266 g/mol. The zero-order valence-electron chi connectivity index (χ0n) is 10.2. The molecule has 18 heavy (non-hydrogen) atoms. The number of methoxy groups -OCH3 is 1. The van der Waals surface area contributed by atoms with Crippen molar-refractivity contribution >= 4 is 17.2 Å². The summed E-state index contributed by atoms with van der Waals surface area (Å²) in [6.45, 7) is 2.32. The van der Waals surface area contributed by atoms with Crippen LogP contribution in [0, 0.1) is 0 Å². The molecule has 6 heteroatoms. The van der Waals surface area contributed by atoms with Crippen LogP contribution in [0.15, 0.2) is 28.1 Å². The normalized spacial score (nSPS) is 12.3. The maximum Gasteiger partial charge on any atom is 0.273 e. The zero-order valence-corrected chi connectivity index (χ0v) is 11.0. The van der Waals surface area contributed by atoms with Gasteiger partial charge >= 0.3 is 0 Å². The quantitative estimate of drug-likeness (QED) is 0.900. The van der Waals surface area contributed by atoms with Crippen LogP contribution in [0.5, 0.6) is 0 Å². The number of ether oxygens (including phenoxy) is 1. The number of aromatic nitrogens is 1. The second-order valence-electron chi connectivity index (χ2n) is 3.88. The fourth-order valence-electron chi connectivity index (χ4n) is 1.51. The van der Waals surface area contributed by atoms with E-state index >= 15 is 0 Å². The largest absolute Gasteiger partial charge is 0.383 e. The molecule has 0 saturated heterocycles. The van der Waals surface area contributed by atoms with Gasteiger partial charge in [0.2, 0.25) is 0 Å². The Morgan fingerprint density at radius 1 is 1.67 bits per heavy atom. The topological polar surface area (TPSA) is 64.4 Å². The molecule has 1 atom stereocenters. The van der Waals surface area contributed by atoms with Crippen LogP contribution in [-0.2, 0) is 4.74 Å². The molecular weight excluding hydrogens is 252 g/mol. The van der Waals surface area contributed by atoms with Crippen LogP contribution in [0.3, 0.4) is 0 Å². The number of carbonyl (C=O) groups is 1. The Labute approximate surface area is 109 Å². The van der Waals surface area contributed by atoms with Crippen molar-refractivity contribution in [3.63, 3.8) is 0 Å². The summed E-state index contributed by atoms with van der Waals surface area (Å²) in [5.74, 6) is 0.348. The van der Waals surface area contributed by atoms with Gasteiger partial charge in [0.1, 0.15) is 0 Å². The van der Waals surface area contributed by atoms with Gasteiger partial charge in [-0.15, -0.1) is 11.3 Å². The van der Waals surface area contributed by atoms with Crippen molar-refractivity contribution in [2.45, 2.75) is 13.0 Å². The summed E-state index contributed by atoms with van der Waals surface area (Å²) in [7, 11) is 1.59. The number of thiophene rings is 1. The minimum absolute atomic E-state index is 0.0654. The summed E-state index contributed by atoms with van der Waals surface area (Å²) >= 11 is 1.54. The van der Waals surface area contributed by atoms with E-state index in [0.29, 0.717) is 12.4 Å². The molecule has 0 fully saturated rings. The van der Waals surface area contributed by atoms with E-state index in [1.807, 2.05) is 24.4 Å². The predicted octanol–water partition coefficient (Wildman–Crippen LogP) is 2.17. The Morgan fingerprint density at radius 2 is 2.50 bits per heavy atom. The van der Waals surface area contributed by atoms with Gasteiger partial charge in [-0.25, -0.2) is 0 Å². The van der Waals surface area contributed by atoms with Crippen LogP contribution in [0.25, 0.3) is 10.6 Å². The minimum atomic E-state index is -0.258. The van der Waals surface area contributed by atoms with Gasteiger partial charge in [0.05, 0.1) is 11.5 Å². The van der Waals surface area contributed by atoms with Gasteiger partial charge < -0.3 is 14.6 Å². The van der Waals surface area contributed by atoms with Crippen LogP contribution < -0.4 is 5.32 Å². The first-order valence-electron chi connectivity index (χ1n) is 5.51. The fraction of sp³-hybridized carbons (Fsp3) is 0.333. The Kier molecular flexibility index (Phi) is 4.11. The highest BCUT2D eigenvalue weighted by Gasteiger charge is 2.15. The third-order valence-corrected chi connectivity index (χ3v) is 3.19. The van der Waals surface area contributed by atoms with Crippen molar-refractivity contribution in [1.29, 1.82) is 0 Å². The molecular formula is C12H14N2O3S. The standard InChI is InChI=1S/C12H14N2O3S/c1-8(7-16-2)13-12(15)9-6-10(17-14-9)11-4-3-5-18-11/h3-6,8H,7H2,1-2H3,(H,13,15)/t8-/m1/s1. The molecule has 1 N–H and O–H groups in total. The molecule has 2 aromatic heterocycles. The first-order chi connectivity index (χ1) is 8.70. The fourth-order valence-corrected chi connectivity index (χ4v) is 2.18. The minimum Gasteiger partial charge on any atom is -0.383 e. The van der Waals surface area contributed by atoms with Crippen LogP contribution in [0.2, 0.25) is 0 Å². The van der Waals surface area contributed by atoms with E-state index in [-0.39, 0.29) is 17.6 Å². The lowest BCUT2D eigenvalue weighted by molar-refractivity contribution is 0.0896. The Hall–Kier alpha value is -1.66. The molecule has 0 radical (unpaired) electrons. The molecule has 2 aromatic rings. The second-order valence-corrected chi connectivity index (χ2v) is 4.83. The molecule has 96 valence electrons. The molecule has 0 aliphatic rings. The Balaban J connectivity index is 2.04. The summed E-state index contributed by atoms with van der Waals surface area (Å²) in [6, 6.07) is 5.41. The molecule has 1 amide bonds. The number of nitrogens with one attached hydrogen (secondary N) is 1. The van der Waals surface area contributed by atoms with E-state index in [1.165, 1.54) is 11.3 Å². The van der Waals surface area contributed by atoms with E-state index in [2.05, 4.69) is 10.5 Å². The van der Waals surface area contributed by atoms with E-state index < -0.39 is 0 Å². The SMILES string of the molecule is COC[C@@H](C)NC(=O)c1cc(-c2cccs2)on1. The number of hydrogen-bond acceptors (Lipinski definition) is 5. The summed E-state index contributed by atoms with van der Waals surface area (Å²) < 4.78 is 10.1. The van der Waals surface area contributed by atoms with Gasteiger partial charge in [-0.3, -0.25) is 4.79 Å². The molecule has 2 rings (SSSR count). The Bertz CT molecular complexity index is 507. The van der Waals surface area contributed by atoms with Gasteiger partial charge in [-0.1, -0.05) is 11.2 Å². The van der Waals surface area contributed by atoms with Crippen LogP contribution in [0.1, 0.15) is 17.4 Å². The average Bonchev–Trinajstić information content (AvgIpc) is 3.00. The maximum atomic E-state index is 11.8. The molecule has 0 bridgehead atoms. The van der Waals surface area contributed by atoms with E-state index in [9.17, 15) is 4.79 Å². The smallest absolute Gasteiger partial charge is 0.273 e. The summed E-state index contributed by atoms with van der Waals surface area (Å²) in [5.41, 5.74) is 0.279. The predicted molar refractivity (Wildman–Crippen MR) is 68.6 cm³/mol. The molecule has 5 nitrogen and oxygen atoms in total. The molecule has 0 spiro atoms. The molecule has 0 saturated carbocycles. The van der Waals surface area contributed by atoms with Gasteiger partial charge in [0.25, 0.3) is 5.91 Å². The molecule has 2 heterocycles. The first-order valence-corrected chi connectivity index (χ1v) is 6.39. The molecule has 0 aliphatic heterocycles. The number of amides is 1. The number of nitrogens with zero attached hydrogens (tertiary/aromatic N) is 1. The first kappa shape index (κ1) is 12.8. The van der Waals surface area contributed by atoms with Crippen molar-refractivity contribution < 1.29 is 14.1 Å². The van der Waals surface area contributed by atoms with Crippen molar-refractivity contribution in [2.24, 2.45) is 0 Å². The van der Waals surface area contributed by atoms with Crippen LogP contribution in [0.4, 0.5) is 0 Å². The average molecular weight is 266 g/mol. The highest BCUT2D eigenvalue weighted by Crippen LogP contribution is 2.24. The van der Waals surface area contributed by atoms with Crippen molar-refractivity contribution in [2.75, 3.05) is 13.7 Å². The number of hydrogen-bond donors (Lipinski definition) is 1. The molecule has 0 unspecified atom stereocenters. The van der Waals surface area contributed by atoms with E-state index in [1.54, 1.807) is 13.2 Å². The van der Waals surface area contributed by atoms with E-state index in [4.69, 9.17) is 9.26 Å². The summed E-state index contributed by atoms with van der Waals surface area (Å²) in [6.07, 6.45) is 0. The summed E-state index contributed by atoms with van der Waals surface area (Å²) in [5, 5.41) is 8.48. The third-order valence-electron chi connectivity index (χ3n) is 2.30. The van der Waals surface area contributed by atoms with Gasteiger partial charge in [-0.05, 0) is 18.4 Å². The Morgan fingerprint density at radius 3 is 3.17 bits per heavy atom. The maximum absolute atomic E-state index is 11.8.